The van der Waals surface area contributed by atoms with Crippen molar-refractivity contribution in [2.75, 3.05) is 27.2 Å². The predicted octanol–water partition coefficient (Wildman–Crippen LogP) is 3.30. The van der Waals surface area contributed by atoms with Gasteiger partial charge in [-0.15, -0.1) is 0 Å². The van der Waals surface area contributed by atoms with E-state index in [0.29, 0.717) is 6.42 Å². The van der Waals surface area contributed by atoms with E-state index in [1.165, 1.54) is 5.56 Å². The largest absolute Gasteiger partial charge is 0.496 e. The molecule has 0 bridgehead atoms. The number of Topliss-reactive ketones (excluding diaryl/α,β-unsaturated/α-hetero) is 1. The topological polar surface area (TPSA) is 29.5 Å². The number of rotatable bonds is 8. The van der Waals surface area contributed by atoms with Crippen LogP contribution >= 0.6 is 15.9 Å². The zero-order valence-corrected chi connectivity index (χ0v) is 13.5. The van der Waals surface area contributed by atoms with Gasteiger partial charge in [-0.05, 0) is 57.1 Å². The van der Waals surface area contributed by atoms with Gasteiger partial charge in [0.1, 0.15) is 11.5 Å². The zero-order valence-electron chi connectivity index (χ0n) is 11.9. The number of halogens is 1. The third kappa shape index (κ3) is 6.21. The first-order valence-electron chi connectivity index (χ1n) is 6.53. The van der Waals surface area contributed by atoms with Gasteiger partial charge in [-0.3, -0.25) is 0 Å². The number of carbonyl (C=O) groups excluding carboxylic acids is 1. The normalized spacial score (nSPS) is 10.8. The first-order valence-corrected chi connectivity index (χ1v) is 7.32. The Morgan fingerprint density at radius 1 is 1.37 bits per heavy atom. The molecular weight excluding hydrogens is 306 g/mol. The highest BCUT2D eigenvalue weighted by Crippen LogP contribution is 2.23. The second kappa shape index (κ2) is 8.33. The van der Waals surface area contributed by atoms with Gasteiger partial charge in [0.15, 0.2) is 0 Å². The van der Waals surface area contributed by atoms with Gasteiger partial charge >= 0.3 is 0 Å². The maximum Gasteiger partial charge on any atom is 0.129 e. The molecule has 0 radical (unpaired) electrons. The molecule has 0 heterocycles. The Bertz CT molecular complexity index is 421. The molecule has 0 aromatic heterocycles. The Morgan fingerprint density at radius 3 is 2.74 bits per heavy atom. The fourth-order valence-corrected chi connectivity index (χ4v) is 2.37. The lowest BCUT2D eigenvalue weighted by atomic mass is 10.1. The number of ether oxygens (including phenoxy) is 1. The number of nitrogens with zero attached hydrogens (tertiary/aromatic N) is 1. The van der Waals surface area contributed by atoms with Crippen LogP contribution in [0.4, 0.5) is 0 Å². The third-order valence-electron chi connectivity index (χ3n) is 3.07. The molecule has 0 atom stereocenters. The summed E-state index contributed by atoms with van der Waals surface area (Å²) >= 11 is 3.48. The average Bonchev–Trinajstić information content (AvgIpc) is 2.36. The average molecular weight is 328 g/mol. The Labute approximate surface area is 124 Å². The van der Waals surface area contributed by atoms with Crippen molar-refractivity contribution in [1.82, 2.24) is 4.90 Å². The number of likely N-dealkylation sites (N-methyl/N-ethyl adjacent to an activating group) is 1. The fourth-order valence-electron chi connectivity index (χ4n) is 1.96. The van der Waals surface area contributed by atoms with Crippen LogP contribution in [-0.2, 0) is 11.2 Å². The number of methoxy groups -OCH3 is 1. The SMILES string of the molecule is COc1ccc(Br)cc1CCN(C)CCCC(C)=O. The van der Waals surface area contributed by atoms with E-state index in [2.05, 4.69) is 33.9 Å². The summed E-state index contributed by atoms with van der Waals surface area (Å²) in [4.78, 5) is 13.1. The van der Waals surface area contributed by atoms with E-state index in [1.807, 2.05) is 12.1 Å². The minimum atomic E-state index is 0.266. The van der Waals surface area contributed by atoms with Gasteiger partial charge < -0.3 is 14.4 Å². The molecule has 0 N–H and O–H groups in total. The summed E-state index contributed by atoms with van der Waals surface area (Å²) < 4.78 is 6.43. The van der Waals surface area contributed by atoms with E-state index in [-0.39, 0.29) is 5.78 Å². The first kappa shape index (κ1) is 16.2. The molecule has 1 aromatic carbocycles. The molecule has 0 unspecified atom stereocenters. The van der Waals surface area contributed by atoms with Gasteiger partial charge in [0.2, 0.25) is 0 Å². The second-order valence-electron chi connectivity index (χ2n) is 4.82. The summed E-state index contributed by atoms with van der Waals surface area (Å²) in [5.41, 5.74) is 1.20. The molecule has 1 aromatic rings. The number of hydrogen-bond donors (Lipinski definition) is 0. The van der Waals surface area contributed by atoms with Crippen molar-refractivity contribution >= 4 is 21.7 Å². The molecule has 0 aliphatic carbocycles. The molecule has 19 heavy (non-hydrogen) atoms. The van der Waals surface area contributed by atoms with Crippen LogP contribution in [0, 0.1) is 0 Å². The van der Waals surface area contributed by atoms with Gasteiger partial charge in [0.05, 0.1) is 7.11 Å². The molecule has 4 heteroatoms. The van der Waals surface area contributed by atoms with E-state index in [0.717, 1.165) is 36.2 Å². The lowest BCUT2D eigenvalue weighted by Gasteiger charge is -2.17. The van der Waals surface area contributed by atoms with Crippen LogP contribution in [0.5, 0.6) is 5.75 Å². The van der Waals surface area contributed by atoms with Gasteiger partial charge in [-0.1, -0.05) is 15.9 Å². The van der Waals surface area contributed by atoms with E-state index in [4.69, 9.17) is 4.74 Å². The van der Waals surface area contributed by atoms with Crippen LogP contribution in [0.1, 0.15) is 25.3 Å². The van der Waals surface area contributed by atoms with Crippen LogP contribution in [0.2, 0.25) is 0 Å². The van der Waals surface area contributed by atoms with Gasteiger partial charge in [0.25, 0.3) is 0 Å². The molecule has 0 fully saturated rings. The quantitative estimate of drug-likeness (QED) is 0.733. The standard InChI is InChI=1S/C15H22BrNO2/c1-12(18)5-4-9-17(2)10-8-13-11-14(16)6-7-15(13)19-3/h6-7,11H,4-5,8-10H2,1-3H3. The highest BCUT2D eigenvalue weighted by atomic mass is 79.9. The molecule has 106 valence electrons. The van der Waals surface area contributed by atoms with Gasteiger partial charge in [0, 0.05) is 17.4 Å². The lowest BCUT2D eigenvalue weighted by Crippen LogP contribution is -2.23. The van der Waals surface area contributed by atoms with Crippen LogP contribution in [-0.4, -0.2) is 37.9 Å². The predicted molar refractivity (Wildman–Crippen MR) is 81.8 cm³/mol. The molecule has 0 spiro atoms. The number of ketones is 1. The van der Waals surface area contributed by atoms with Gasteiger partial charge in [-0.2, -0.15) is 0 Å². The minimum absolute atomic E-state index is 0.266. The molecule has 0 saturated heterocycles. The summed E-state index contributed by atoms with van der Waals surface area (Å²) in [6, 6.07) is 6.07. The van der Waals surface area contributed by atoms with Crippen molar-refractivity contribution in [3.05, 3.63) is 28.2 Å². The van der Waals surface area contributed by atoms with Crippen LogP contribution in [0.15, 0.2) is 22.7 Å². The fraction of sp³-hybridized carbons (Fsp3) is 0.533. The number of hydrogen-bond acceptors (Lipinski definition) is 3. The van der Waals surface area contributed by atoms with Crippen LogP contribution in [0.3, 0.4) is 0 Å². The Balaban J connectivity index is 2.43. The summed E-state index contributed by atoms with van der Waals surface area (Å²) in [5, 5.41) is 0. The van der Waals surface area contributed by atoms with Gasteiger partial charge in [-0.25, -0.2) is 0 Å². The Kier molecular flexibility index (Phi) is 7.10. The maximum atomic E-state index is 10.9. The van der Waals surface area contributed by atoms with Crippen molar-refractivity contribution in [1.29, 1.82) is 0 Å². The van der Waals surface area contributed by atoms with E-state index in [9.17, 15) is 4.79 Å². The van der Waals surface area contributed by atoms with E-state index >= 15 is 0 Å². The van der Waals surface area contributed by atoms with Crippen molar-refractivity contribution in [3.63, 3.8) is 0 Å². The smallest absolute Gasteiger partial charge is 0.129 e. The first-order chi connectivity index (χ1) is 9.02. The van der Waals surface area contributed by atoms with E-state index < -0.39 is 0 Å². The minimum Gasteiger partial charge on any atom is -0.496 e. The van der Waals surface area contributed by atoms with Crippen molar-refractivity contribution < 1.29 is 9.53 Å². The lowest BCUT2D eigenvalue weighted by molar-refractivity contribution is -0.117. The Hall–Kier alpha value is -0.870. The molecule has 3 nitrogen and oxygen atoms in total. The van der Waals surface area contributed by atoms with Crippen molar-refractivity contribution in [3.8, 4) is 5.75 Å². The van der Waals surface area contributed by atoms with Crippen molar-refractivity contribution in [2.24, 2.45) is 0 Å². The monoisotopic (exact) mass is 327 g/mol. The summed E-state index contributed by atoms with van der Waals surface area (Å²) in [6.45, 7) is 3.56. The number of benzene rings is 1. The van der Waals surface area contributed by atoms with Crippen LogP contribution < -0.4 is 4.74 Å². The molecule has 0 amide bonds. The molecule has 0 aliphatic rings. The highest BCUT2D eigenvalue weighted by Gasteiger charge is 2.06. The summed E-state index contributed by atoms with van der Waals surface area (Å²) in [6.07, 6.45) is 2.55. The number of carbonyl (C=O) groups is 1. The Morgan fingerprint density at radius 2 is 2.11 bits per heavy atom. The summed E-state index contributed by atoms with van der Waals surface area (Å²) in [7, 11) is 3.79. The zero-order chi connectivity index (χ0) is 14.3. The molecule has 0 saturated carbocycles. The highest BCUT2D eigenvalue weighted by molar-refractivity contribution is 9.10. The molecular formula is C15H22BrNO2. The third-order valence-corrected chi connectivity index (χ3v) is 3.57. The van der Waals surface area contributed by atoms with E-state index in [1.54, 1.807) is 14.0 Å². The molecule has 1 rings (SSSR count). The van der Waals surface area contributed by atoms with Crippen molar-refractivity contribution in [2.45, 2.75) is 26.2 Å². The summed E-state index contributed by atoms with van der Waals surface area (Å²) in [5.74, 6) is 1.20. The molecule has 0 aliphatic heterocycles. The maximum absolute atomic E-state index is 10.9. The second-order valence-corrected chi connectivity index (χ2v) is 5.73. The van der Waals surface area contributed by atoms with Crippen LogP contribution in [0.25, 0.3) is 0 Å².